The third-order valence-electron chi connectivity index (χ3n) is 2.52. The number of rotatable bonds is 8. The number of hydrogen-bond acceptors (Lipinski definition) is 2. The van der Waals surface area contributed by atoms with E-state index in [0.29, 0.717) is 18.8 Å². The highest BCUT2D eigenvalue weighted by Gasteiger charge is 2.09. The predicted molar refractivity (Wildman–Crippen MR) is 66.2 cm³/mol. The van der Waals surface area contributed by atoms with Crippen LogP contribution in [-0.2, 0) is 9.59 Å². The Bertz CT molecular complexity index is 222. The van der Waals surface area contributed by atoms with E-state index >= 15 is 0 Å². The van der Waals surface area contributed by atoms with Gasteiger partial charge in [-0.15, -0.1) is 0 Å². The van der Waals surface area contributed by atoms with E-state index in [9.17, 15) is 9.59 Å². The maximum Gasteiger partial charge on any atom is 0.220 e. The number of hydrogen-bond donors (Lipinski definition) is 1. The normalized spacial score (nSPS) is 10.9. The summed E-state index contributed by atoms with van der Waals surface area (Å²) in [6.07, 6.45) is 2.85. The first kappa shape index (κ1) is 15.1. The molecule has 0 aromatic heterocycles. The molecule has 16 heavy (non-hydrogen) atoms. The molecule has 0 spiro atoms. The lowest BCUT2D eigenvalue weighted by atomic mass is 10.0. The van der Waals surface area contributed by atoms with E-state index in [0.717, 1.165) is 19.4 Å². The predicted octanol–water partition coefficient (Wildman–Crippen LogP) is 2.54. The molecule has 0 aromatic carbocycles. The Kier molecular flexibility index (Phi) is 7.86. The molecule has 0 saturated carbocycles. The van der Waals surface area contributed by atoms with Crippen LogP contribution in [0.4, 0.5) is 0 Å². The molecule has 0 aliphatic carbocycles. The van der Waals surface area contributed by atoms with E-state index in [4.69, 9.17) is 0 Å². The smallest absolute Gasteiger partial charge is 0.220 e. The van der Waals surface area contributed by atoms with Gasteiger partial charge in [-0.3, -0.25) is 9.59 Å². The highest BCUT2D eigenvalue weighted by atomic mass is 16.2. The van der Waals surface area contributed by atoms with Gasteiger partial charge in [0.1, 0.15) is 5.78 Å². The molecule has 1 amide bonds. The summed E-state index contributed by atoms with van der Waals surface area (Å²) in [7, 11) is 0. The van der Waals surface area contributed by atoms with Crippen LogP contribution in [0.5, 0.6) is 0 Å². The van der Waals surface area contributed by atoms with Crippen LogP contribution >= 0.6 is 0 Å². The minimum Gasteiger partial charge on any atom is -0.356 e. The Morgan fingerprint density at radius 3 is 2.19 bits per heavy atom. The van der Waals surface area contributed by atoms with Crippen LogP contribution in [0.15, 0.2) is 0 Å². The summed E-state index contributed by atoms with van der Waals surface area (Å²) in [4.78, 5) is 22.6. The average Bonchev–Trinajstić information content (AvgIpc) is 2.20. The summed E-state index contributed by atoms with van der Waals surface area (Å²) in [6.45, 7) is 8.80. The van der Waals surface area contributed by atoms with Crippen LogP contribution < -0.4 is 5.32 Å². The fourth-order valence-corrected chi connectivity index (χ4v) is 1.35. The highest BCUT2D eigenvalue weighted by molar-refractivity contribution is 5.85. The Balaban J connectivity index is 3.49. The molecule has 0 saturated heterocycles. The summed E-state index contributed by atoms with van der Waals surface area (Å²) in [5.41, 5.74) is 0. The molecule has 0 aliphatic heterocycles. The van der Waals surface area contributed by atoms with Crippen LogP contribution in [0.2, 0.25) is 0 Å². The topological polar surface area (TPSA) is 46.2 Å². The molecule has 0 aromatic rings. The minimum atomic E-state index is -0.00208. The molecule has 3 nitrogen and oxygen atoms in total. The standard InChI is InChI=1S/C13H25NO2/c1-10(2)6-5-9-14-13(16)8-7-12(15)11(3)4/h10-11H,5-9H2,1-4H3,(H,14,16). The lowest BCUT2D eigenvalue weighted by Gasteiger charge is -2.07. The molecular weight excluding hydrogens is 202 g/mol. The van der Waals surface area contributed by atoms with Gasteiger partial charge in [-0.05, 0) is 18.8 Å². The molecule has 0 radical (unpaired) electrons. The third kappa shape index (κ3) is 8.45. The number of ketones is 1. The monoisotopic (exact) mass is 227 g/mol. The second-order valence-corrected chi connectivity index (χ2v) is 5.01. The first-order valence-electron chi connectivity index (χ1n) is 6.23. The van der Waals surface area contributed by atoms with E-state index < -0.39 is 0 Å². The minimum absolute atomic E-state index is 0.00208. The molecule has 0 rings (SSSR count). The van der Waals surface area contributed by atoms with Crippen molar-refractivity contribution in [1.82, 2.24) is 5.32 Å². The molecule has 0 heterocycles. The molecule has 0 unspecified atom stereocenters. The van der Waals surface area contributed by atoms with Gasteiger partial charge in [0.15, 0.2) is 0 Å². The van der Waals surface area contributed by atoms with Crippen LogP contribution in [0, 0.1) is 11.8 Å². The second kappa shape index (κ2) is 8.31. The maximum atomic E-state index is 11.4. The van der Waals surface area contributed by atoms with Crippen LogP contribution in [0.1, 0.15) is 53.4 Å². The molecule has 0 bridgehead atoms. The van der Waals surface area contributed by atoms with Crippen molar-refractivity contribution in [3.05, 3.63) is 0 Å². The number of Topliss-reactive ketones (excluding diaryl/α,β-unsaturated/α-hetero) is 1. The van der Waals surface area contributed by atoms with Gasteiger partial charge >= 0.3 is 0 Å². The summed E-state index contributed by atoms with van der Waals surface area (Å²) in [6, 6.07) is 0. The van der Waals surface area contributed by atoms with Gasteiger partial charge < -0.3 is 5.32 Å². The van der Waals surface area contributed by atoms with E-state index in [1.807, 2.05) is 13.8 Å². The van der Waals surface area contributed by atoms with E-state index in [2.05, 4.69) is 19.2 Å². The second-order valence-electron chi connectivity index (χ2n) is 5.01. The zero-order valence-corrected chi connectivity index (χ0v) is 11.0. The van der Waals surface area contributed by atoms with E-state index in [1.165, 1.54) is 0 Å². The molecule has 94 valence electrons. The Morgan fingerprint density at radius 1 is 1.06 bits per heavy atom. The van der Waals surface area contributed by atoms with Crippen molar-refractivity contribution in [3.8, 4) is 0 Å². The maximum absolute atomic E-state index is 11.4. The number of carbonyl (C=O) groups excluding carboxylic acids is 2. The van der Waals surface area contributed by atoms with Crippen molar-refractivity contribution in [3.63, 3.8) is 0 Å². The molecule has 3 heteroatoms. The molecule has 0 atom stereocenters. The fraction of sp³-hybridized carbons (Fsp3) is 0.846. The summed E-state index contributed by atoms with van der Waals surface area (Å²) < 4.78 is 0. The van der Waals surface area contributed by atoms with Gasteiger partial charge in [0, 0.05) is 25.3 Å². The SMILES string of the molecule is CC(C)CCCNC(=O)CCC(=O)C(C)C. The first-order valence-corrected chi connectivity index (χ1v) is 6.23. The summed E-state index contributed by atoms with van der Waals surface area (Å²) >= 11 is 0. The number of carbonyl (C=O) groups is 2. The number of amides is 1. The number of nitrogens with one attached hydrogen (secondary N) is 1. The van der Waals surface area contributed by atoms with Crippen LogP contribution in [-0.4, -0.2) is 18.2 Å². The largest absolute Gasteiger partial charge is 0.356 e. The van der Waals surface area contributed by atoms with Gasteiger partial charge in [-0.1, -0.05) is 27.7 Å². The van der Waals surface area contributed by atoms with Gasteiger partial charge in [0.25, 0.3) is 0 Å². The van der Waals surface area contributed by atoms with Crippen molar-refractivity contribution in [2.75, 3.05) is 6.54 Å². The first-order chi connectivity index (χ1) is 7.43. The third-order valence-corrected chi connectivity index (χ3v) is 2.52. The fourth-order valence-electron chi connectivity index (χ4n) is 1.35. The average molecular weight is 227 g/mol. The summed E-state index contributed by atoms with van der Waals surface area (Å²) in [5.74, 6) is 0.878. The van der Waals surface area contributed by atoms with Gasteiger partial charge in [0.2, 0.25) is 5.91 Å². The zero-order chi connectivity index (χ0) is 12.6. The molecule has 0 fully saturated rings. The highest BCUT2D eigenvalue weighted by Crippen LogP contribution is 2.03. The van der Waals surface area contributed by atoms with E-state index in [1.54, 1.807) is 0 Å². The Morgan fingerprint density at radius 2 is 1.69 bits per heavy atom. The molecule has 0 aliphatic rings. The van der Waals surface area contributed by atoms with Gasteiger partial charge in [-0.25, -0.2) is 0 Å². The zero-order valence-electron chi connectivity index (χ0n) is 11.0. The Labute approximate surface area is 99.0 Å². The van der Waals surface area contributed by atoms with Crippen molar-refractivity contribution >= 4 is 11.7 Å². The quantitative estimate of drug-likeness (QED) is 0.648. The van der Waals surface area contributed by atoms with E-state index in [-0.39, 0.29) is 17.6 Å². The van der Waals surface area contributed by atoms with Crippen molar-refractivity contribution in [2.45, 2.75) is 53.4 Å². The van der Waals surface area contributed by atoms with Crippen molar-refractivity contribution < 1.29 is 9.59 Å². The molecule has 1 N–H and O–H groups in total. The molecular formula is C13H25NO2. The van der Waals surface area contributed by atoms with Crippen molar-refractivity contribution in [1.29, 1.82) is 0 Å². The lowest BCUT2D eigenvalue weighted by Crippen LogP contribution is -2.25. The van der Waals surface area contributed by atoms with Crippen LogP contribution in [0.3, 0.4) is 0 Å². The van der Waals surface area contributed by atoms with Crippen molar-refractivity contribution in [2.24, 2.45) is 11.8 Å². The van der Waals surface area contributed by atoms with Crippen LogP contribution in [0.25, 0.3) is 0 Å². The lowest BCUT2D eigenvalue weighted by molar-refractivity contribution is -0.126. The summed E-state index contributed by atoms with van der Waals surface area (Å²) in [5, 5.41) is 2.84. The Hall–Kier alpha value is -0.860. The van der Waals surface area contributed by atoms with Gasteiger partial charge in [-0.2, -0.15) is 0 Å². The van der Waals surface area contributed by atoms with Gasteiger partial charge in [0.05, 0.1) is 0 Å².